The first kappa shape index (κ1) is 28.9. The highest BCUT2D eigenvalue weighted by molar-refractivity contribution is 5.78. The molecule has 2 heterocycles. The van der Waals surface area contributed by atoms with Crippen molar-refractivity contribution in [2.45, 2.75) is 58.3 Å². The first-order valence-electron chi connectivity index (χ1n) is 13.6. The molecule has 1 aliphatic rings. The van der Waals surface area contributed by atoms with Crippen LogP contribution in [0.5, 0.6) is 11.5 Å². The van der Waals surface area contributed by atoms with Crippen LogP contribution in [0.2, 0.25) is 0 Å². The SMILES string of the molecule is COc1ccc(CN(Cc2ccc(OC)cc2)c2nccc(NC3CCCN(C(=O)OC(C)(C)C)C3)c2N)cc1. The fourth-order valence-electron chi connectivity index (χ4n) is 4.76. The van der Waals surface area contributed by atoms with Crippen LogP contribution in [-0.2, 0) is 17.8 Å². The van der Waals surface area contributed by atoms with E-state index in [1.807, 2.05) is 75.4 Å². The summed E-state index contributed by atoms with van der Waals surface area (Å²) in [5, 5.41) is 3.58. The van der Waals surface area contributed by atoms with Gasteiger partial charge in [-0.2, -0.15) is 0 Å². The minimum absolute atomic E-state index is 0.0513. The van der Waals surface area contributed by atoms with Gasteiger partial charge in [0.1, 0.15) is 17.1 Å². The molecule has 40 heavy (non-hydrogen) atoms. The number of rotatable bonds is 9. The van der Waals surface area contributed by atoms with Crippen molar-refractivity contribution in [1.82, 2.24) is 9.88 Å². The molecule has 3 aromatic rings. The minimum atomic E-state index is -0.529. The maximum absolute atomic E-state index is 12.7. The lowest BCUT2D eigenvalue weighted by Crippen LogP contribution is -2.47. The Labute approximate surface area is 237 Å². The predicted octanol–water partition coefficient (Wildman–Crippen LogP) is 5.70. The second-order valence-electron chi connectivity index (χ2n) is 11.1. The number of nitrogens with one attached hydrogen (secondary N) is 1. The molecule has 214 valence electrons. The standard InChI is InChI=1S/C31H41N5O4/c1-31(2,3)40-30(37)35-18-6-7-24(21-35)34-27-16-17-33-29(28(27)32)36(19-22-8-12-25(38-4)13-9-22)20-23-10-14-26(39-5)15-11-23/h8-17,24H,6-7,18-21,32H2,1-5H3,(H,33,34). The number of nitrogens with two attached hydrogens (primary N) is 1. The first-order valence-corrected chi connectivity index (χ1v) is 13.6. The van der Waals surface area contributed by atoms with E-state index in [2.05, 4.69) is 10.2 Å². The quantitative estimate of drug-likeness (QED) is 0.352. The summed E-state index contributed by atoms with van der Waals surface area (Å²) in [6.45, 7) is 8.09. The van der Waals surface area contributed by atoms with Crippen LogP contribution in [0.15, 0.2) is 60.8 Å². The Hall–Kier alpha value is -4.14. The second-order valence-corrected chi connectivity index (χ2v) is 11.1. The highest BCUT2D eigenvalue weighted by Gasteiger charge is 2.28. The number of anilines is 3. The molecule has 9 nitrogen and oxygen atoms in total. The van der Waals surface area contributed by atoms with Gasteiger partial charge in [-0.3, -0.25) is 0 Å². The van der Waals surface area contributed by atoms with Gasteiger partial charge in [0.25, 0.3) is 0 Å². The molecule has 1 unspecified atom stereocenters. The smallest absolute Gasteiger partial charge is 0.410 e. The van der Waals surface area contributed by atoms with E-state index >= 15 is 0 Å². The molecular formula is C31H41N5O4. The van der Waals surface area contributed by atoms with Gasteiger partial charge < -0.3 is 35.1 Å². The van der Waals surface area contributed by atoms with Crippen molar-refractivity contribution >= 4 is 23.3 Å². The summed E-state index contributed by atoms with van der Waals surface area (Å²) in [5.41, 5.74) is 9.82. The number of pyridine rings is 1. The molecule has 9 heteroatoms. The van der Waals surface area contributed by atoms with Crippen LogP contribution in [0, 0.1) is 0 Å². The van der Waals surface area contributed by atoms with E-state index in [0.717, 1.165) is 41.2 Å². The number of hydrogen-bond acceptors (Lipinski definition) is 8. The summed E-state index contributed by atoms with van der Waals surface area (Å²) >= 11 is 0. The van der Waals surface area contributed by atoms with Crippen molar-refractivity contribution in [3.63, 3.8) is 0 Å². The minimum Gasteiger partial charge on any atom is -0.497 e. The van der Waals surface area contributed by atoms with Crippen LogP contribution in [0.25, 0.3) is 0 Å². The summed E-state index contributed by atoms with van der Waals surface area (Å²) in [5.74, 6) is 2.31. The number of carbonyl (C=O) groups is 1. The average molecular weight is 548 g/mol. The van der Waals surface area contributed by atoms with Gasteiger partial charge in [0.2, 0.25) is 0 Å². The molecule has 2 aromatic carbocycles. The zero-order valence-corrected chi connectivity index (χ0v) is 24.1. The zero-order chi connectivity index (χ0) is 28.7. The summed E-state index contributed by atoms with van der Waals surface area (Å²) in [7, 11) is 3.32. The van der Waals surface area contributed by atoms with Gasteiger partial charge in [-0.05, 0) is 75.1 Å². The Morgan fingerprint density at radius 1 is 1.00 bits per heavy atom. The number of methoxy groups -OCH3 is 2. The Kier molecular flexibility index (Phi) is 9.24. The number of piperidine rings is 1. The van der Waals surface area contributed by atoms with Gasteiger partial charge in [-0.25, -0.2) is 9.78 Å². The molecule has 1 amide bonds. The molecule has 0 radical (unpaired) electrons. The van der Waals surface area contributed by atoms with E-state index in [9.17, 15) is 4.79 Å². The number of amides is 1. The Bertz CT molecular complexity index is 1210. The largest absolute Gasteiger partial charge is 0.497 e. The number of nitrogen functional groups attached to an aromatic ring is 1. The van der Waals surface area contributed by atoms with Crippen LogP contribution in [0.3, 0.4) is 0 Å². The van der Waals surface area contributed by atoms with Crippen molar-refractivity contribution in [2.24, 2.45) is 0 Å². The average Bonchev–Trinajstić information content (AvgIpc) is 2.94. The first-order chi connectivity index (χ1) is 19.1. The van der Waals surface area contributed by atoms with E-state index in [4.69, 9.17) is 24.9 Å². The molecule has 1 saturated heterocycles. The second kappa shape index (κ2) is 12.8. The summed E-state index contributed by atoms with van der Waals surface area (Å²) in [4.78, 5) is 21.3. The maximum Gasteiger partial charge on any atom is 0.410 e. The van der Waals surface area contributed by atoms with Crippen LogP contribution in [0.4, 0.5) is 22.0 Å². The molecule has 1 atom stereocenters. The van der Waals surface area contributed by atoms with E-state index < -0.39 is 5.60 Å². The number of benzene rings is 2. The molecule has 0 bridgehead atoms. The van der Waals surface area contributed by atoms with E-state index in [-0.39, 0.29) is 12.1 Å². The van der Waals surface area contributed by atoms with Gasteiger partial charge in [-0.15, -0.1) is 0 Å². The van der Waals surface area contributed by atoms with Crippen molar-refractivity contribution in [1.29, 1.82) is 0 Å². The Morgan fingerprint density at radius 2 is 1.57 bits per heavy atom. The fraction of sp³-hybridized carbons (Fsp3) is 0.419. The molecule has 1 fully saturated rings. The van der Waals surface area contributed by atoms with E-state index in [1.165, 1.54) is 0 Å². The van der Waals surface area contributed by atoms with Gasteiger partial charge in [0.15, 0.2) is 5.82 Å². The van der Waals surface area contributed by atoms with E-state index in [0.29, 0.717) is 37.7 Å². The topological polar surface area (TPSA) is 102 Å². The normalized spacial score (nSPS) is 15.3. The number of ether oxygens (including phenoxy) is 3. The van der Waals surface area contributed by atoms with Gasteiger partial charge in [0.05, 0.1) is 25.6 Å². The van der Waals surface area contributed by atoms with Crippen molar-refractivity contribution < 1.29 is 19.0 Å². The molecule has 0 spiro atoms. The highest BCUT2D eigenvalue weighted by atomic mass is 16.6. The monoisotopic (exact) mass is 547 g/mol. The lowest BCUT2D eigenvalue weighted by atomic mass is 10.1. The van der Waals surface area contributed by atoms with Crippen LogP contribution in [0.1, 0.15) is 44.7 Å². The summed E-state index contributed by atoms with van der Waals surface area (Å²) in [6, 6.07) is 17.9. The molecule has 0 saturated carbocycles. The third-order valence-corrected chi connectivity index (χ3v) is 6.77. The number of hydrogen-bond donors (Lipinski definition) is 2. The molecule has 4 rings (SSSR count). The molecular weight excluding hydrogens is 506 g/mol. The number of likely N-dealkylation sites (tertiary alicyclic amines) is 1. The van der Waals surface area contributed by atoms with Gasteiger partial charge >= 0.3 is 6.09 Å². The lowest BCUT2D eigenvalue weighted by molar-refractivity contribution is 0.0206. The third kappa shape index (κ3) is 7.71. The Morgan fingerprint density at radius 3 is 2.10 bits per heavy atom. The van der Waals surface area contributed by atoms with Crippen LogP contribution < -0.4 is 25.4 Å². The molecule has 1 aliphatic heterocycles. The fourth-order valence-corrected chi connectivity index (χ4v) is 4.76. The van der Waals surface area contributed by atoms with Crippen molar-refractivity contribution in [3.8, 4) is 11.5 Å². The Balaban J connectivity index is 1.55. The zero-order valence-electron chi connectivity index (χ0n) is 24.1. The van der Waals surface area contributed by atoms with Crippen LogP contribution in [-0.4, -0.2) is 54.9 Å². The summed E-state index contributed by atoms with van der Waals surface area (Å²) < 4.78 is 16.3. The lowest BCUT2D eigenvalue weighted by Gasteiger charge is -2.35. The van der Waals surface area contributed by atoms with Crippen molar-refractivity contribution in [3.05, 3.63) is 71.9 Å². The van der Waals surface area contributed by atoms with Gasteiger partial charge in [0, 0.05) is 38.4 Å². The predicted molar refractivity (Wildman–Crippen MR) is 159 cm³/mol. The van der Waals surface area contributed by atoms with Crippen molar-refractivity contribution in [2.75, 3.05) is 43.3 Å². The van der Waals surface area contributed by atoms with Crippen LogP contribution >= 0.6 is 0 Å². The third-order valence-electron chi connectivity index (χ3n) is 6.77. The number of carbonyl (C=O) groups excluding carboxylic acids is 1. The van der Waals surface area contributed by atoms with Gasteiger partial charge in [-0.1, -0.05) is 24.3 Å². The molecule has 1 aromatic heterocycles. The molecule has 3 N–H and O–H groups in total. The highest BCUT2D eigenvalue weighted by Crippen LogP contribution is 2.32. The number of aromatic nitrogens is 1. The van der Waals surface area contributed by atoms with E-state index in [1.54, 1.807) is 25.3 Å². The summed E-state index contributed by atoms with van der Waals surface area (Å²) in [6.07, 6.45) is 3.30. The number of nitrogens with zero attached hydrogens (tertiary/aromatic N) is 3. The molecule has 0 aliphatic carbocycles. The maximum atomic E-state index is 12.7.